The summed E-state index contributed by atoms with van der Waals surface area (Å²) in [7, 11) is 0. The van der Waals surface area contributed by atoms with Crippen molar-refractivity contribution >= 4 is 17.0 Å². The molecule has 3 heteroatoms. The highest BCUT2D eigenvalue weighted by atomic mass is 16.3. The number of hydrogen-bond donors (Lipinski definition) is 0. The molecule has 1 aliphatic rings. The van der Waals surface area contributed by atoms with Crippen molar-refractivity contribution in [3.8, 4) is 0 Å². The van der Waals surface area contributed by atoms with E-state index in [1.165, 1.54) is 0 Å². The molecule has 0 bridgehead atoms. The molecule has 1 fully saturated rings. The van der Waals surface area contributed by atoms with Gasteiger partial charge in [-0.1, -0.05) is 12.1 Å². The van der Waals surface area contributed by atoms with Crippen LogP contribution in [-0.2, 0) is 10.3 Å². The zero-order valence-electron chi connectivity index (χ0n) is 9.69. The molecule has 0 atom stereocenters. The van der Waals surface area contributed by atoms with Crippen molar-refractivity contribution in [2.45, 2.75) is 31.7 Å². The molecule has 0 spiro atoms. The van der Waals surface area contributed by atoms with E-state index in [9.17, 15) is 4.79 Å². The van der Waals surface area contributed by atoms with Crippen LogP contribution in [0.15, 0.2) is 33.9 Å². The molecule has 0 unspecified atom stereocenters. The molecule has 86 valence electrons. The Kier molecular flexibility index (Phi) is 2.17. The molecule has 1 aromatic carbocycles. The van der Waals surface area contributed by atoms with E-state index < -0.39 is 0 Å². The summed E-state index contributed by atoms with van der Waals surface area (Å²) in [5.74, 6) is 0. The number of carbonyl (C=O) groups excluding carboxylic acids is 1. The fourth-order valence-corrected chi connectivity index (χ4v) is 2.51. The van der Waals surface area contributed by atoms with Crippen molar-refractivity contribution in [1.29, 1.82) is 0 Å². The minimum Gasteiger partial charge on any atom is -0.464 e. The van der Waals surface area contributed by atoms with Crippen LogP contribution in [0.1, 0.15) is 30.4 Å². The van der Waals surface area contributed by atoms with Gasteiger partial charge in [-0.2, -0.15) is 4.99 Å². The highest BCUT2D eigenvalue weighted by Gasteiger charge is 2.39. The van der Waals surface area contributed by atoms with E-state index in [0.717, 1.165) is 41.4 Å². The van der Waals surface area contributed by atoms with E-state index in [-0.39, 0.29) is 5.54 Å². The van der Waals surface area contributed by atoms with Gasteiger partial charge in [-0.3, -0.25) is 0 Å². The van der Waals surface area contributed by atoms with Gasteiger partial charge in [0.25, 0.3) is 0 Å². The largest absolute Gasteiger partial charge is 0.464 e. The number of benzene rings is 1. The Bertz CT molecular complexity index is 616. The number of hydrogen-bond acceptors (Lipinski definition) is 3. The molecule has 1 aliphatic carbocycles. The third kappa shape index (κ3) is 1.43. The van der Waals surface area contributed by atoms with Crippen LogP contribution in [0.4, 0.5) is 0 Å². The van der Waals surface area contributed by atoms with Gasteiger partial charge < -0.3 is 4.42 Å². The van der Waals surface area contributed by atoms with Gasteiger partial charge in [0.15, 0.2) is 0 Å². The molecule has 0 aliphatic heterocycles. The number of aryl methyl sites for hydroxylation is 1. The Morgan fingerprint density at radius 1 is 1.41 bits per heavy atom. The molecular weight excluding hydrogens is 214 g/mol. The summed E-state index contributed by atoms with van der Waals surface area (Å²) in [6.45, 7) is 2.02. The van der Waals surface area contributed by atoms with E-state index in [0.29, 0.717) is 0 Å². The van der Waals surface area contributed by atoms with Gasteiger partial charge in [0, 0.05) is 5.39 Å². The van der Waals surface area contributed by atoms with Crippen molar-refractivity contribution in [1.82, 2.24) is 0 Å². The number of rotatable bonds is 2. The molecule has 1 heterocycles. The highest BCUT2D eigenvalue weighted by molar-refractivity contribution is 5.81. The lowest BCUT2D eigenvalue weighted by atomic mass is 9.72. The van der Waals surface area contributed by atoms with E-state index >= 15 is 0 Å². The second-order valence-corrected chi connectivity index (χ2v) is 4.72. The standard InChI is InChI=1S/C14H13NO2/c1-10-8-17-13-7-11(3-4-12(10)13)14(15-9-16)5-2-6-14/h3-4,7-8H,2,5-6H2,1H3. The molecular formula is C14H13NO2. The normalized spacial score (nSPS) is 17.5. The number of isocyanates is 1. The van der Waals surface area contributed by atoms with Crippen molar-refractivity contribution in [3.63, 3.8) is 0 Å². The van der Waals surface area contributed by atoms with Crippen LogP contribution >= 0.6 is 0 Å². The summed E-state index contributed by atoms with van der Waals surface area (Å²) >= 11 is 0. The first-order valence-electron chi connectivity index (χ1n) is 5.82. The zero-order valence-corrected chi connectivity index (χ0v) is 9.69. The lowest BCUT2D eigenvalue weighted by Gasteiger charge is -2.37. The fraction of sp³-hybridized carbons (Fsp3) is 0.357. The van der Waals surface area contributed by atoms with Gasteiger partial charge in [0.2, 0.25) is 6.08 Å². The van der Waals surface area contributed by atoms with Gasteiger partial charge >= 0.3 is 0 Å². The molecule has 1 saturated carbocycles. The summed E-state index contributed by atoms with van der Waals surface area (Å²) < 4.78 is 5.49. The summed E-state index contributed by atoms with van der Waals surface area (Å²) in [6.07, 6.45) is 6.42. The van der Waals surface area contributed by atoms with Crippen molar-refractivity contribution in [2.75, 3.05) is 0 Å². The van der Waals surface area contributed by atoms with Crippen LogP contribution < -0.4 is 0 Å². The number of nitrogens with zero attached hydrogens (tertiary/aromatic N) is 1. The van der Waals surface area contributed by atoms with E-state index in [4.69, 9.17) is 4.42 Å². The van der Waals surface area contributed by atoms with Crippen LogP contribution in [0, 0.1) is 6.92 Å². The molecule has 0 radical (unpaired) electrons. The van der Waals surface area contributed by atoms with Crippen LogP contribution in [-0.4, -0.2) is 6.08 Å². The highest BCUT2D eigenvalue weighted by Crippen LogP contribution is 2.45. The molecule has 0 saturated heterocycles. The third-order valence-electron chi connectivity index (χ3n) is 3.75. The van der Waals surface area contributed by atoms with Crippen LogP contribution in [0.2, 0.25) is 0 Å². The second kappa shape index (κ2) is 3.57. The summed E-state index contributed by atoms with van der Waals surface area (Å²) in [5, 5.41) is 1.12. The van der Waals surface area contributed by atoms with Gasteiger partial charge in [-0.25, -0.2) is 4.79 Å². The fourth-order valence-electron chi connectivity index (χ4n) is 2.51. The molecule has 0 amide bonds. The average molecular weight is 227 g/mol. The third-order valence-corrected chi connectivity index (χ3v) is 3.75. The van der Waals surface area contributed by atoms with Gasteiger partial charge in [0.1, 0.15) is 5.58 Å². The van der Waals surface area contributed by atoms with Crippen molar-refractivity contribution in [3.05, 3.63) is 35.6 Å². The van der Waals surface area contributed by atoms with Crippen molar-refractivity contribution < 1.29 is 9.21 Å². The van der Waals surface area contributed by atoms with E-state index in [1.807, 2.05) is 25.1 Å². The predicted octanol–water partition coefficient (Wildman–Crippen LogP) is 3.46. The number of aliphatic imine (C=N–C) groups is 1. The minimum atomic E-state index is -0.337. The van der Waals surface area contributed by atoms with Gasteiger partial charge in [-0.15, -0.1) is 0 Å². The Balaban J connectivity index is 2.14. The first kappa shape index (κ1) is 10.3. The molecule has 2 aromatic rings. The maximum atomic E-state index is 10.5. The maximum absolute atomic E-state index is 10.5. The number of furan rings is 1. The Morgan fingerprint density at radius 2 is 2.24 bits per heavy atom. The van der Waals surface area contributed by atoms with Crippen LogP contribution in [0.25, 0.3) is 11.0 Å². The molecule has 17 heavy (non-hydrogen) atoms. The predicted molar refractivity (Wildman–Crippen MR) is 64.6 cm³/mol. The molecule has 3 nitrogen and oxygen atoms in total. The molecule has 3 rings (SSSR count). The summed E-state index contributed by atoms with van der Waals surface area (Å²) in [5.41, 5.74) is 2.73. The smallest absolute Gasteiger partial charge is 0.235 e. The number of fused-ring (bicyclic) bond motifs is 1. The summed E-state index contributed by atoms with van der Waals surface area (Å²) in [4.78, 5) is 14.5. The topological polar surface area (TPSA) is 42.6 Å². The van der Waals surface area contributed by atoms with Crippen LogP contribution in [0.5, 0.6) is 0 Å². The Labute approximate surface area is 99.1 Å². The molecule has 1 aromatic heterocycles. The molecule has 0 N–H and O–H groups in total. The average Bonchev–Trinajstić information content (AvgIpc) is 2.65. The zero-order chi connectivity index (χ0) is 11.9. The van der Waals surface area contributed by atoms with Crippen molar-refractivity contribution in [2.24, 2.45) is 4.99 Å². The van der Waals surface area contributed by atoms with Gasteiger partial charge in [0.05, 0.1) is 11.8 Å². The van der Waals surface area contributed by atoms with Crippen LogP contribution in [0.3, 0.4) is 0 Å². The lowest BCUT2D eigenvalue weighted by Crippen LogP contribution is -2.31. The van der Waals surface area contributed by atoms with E-state index in [2.05, 4.69) is 4.99 Å². The summed E-state index contributed by atoms with van der Waals surface area (Å²) in [6, 6.07) is 6.09. The first-order valence-corrected chi connectivity index (χ1v) is 5.82. The minimum absolute atomic E-state index is 0.337. The second-order valence-electron chi connectivity index (χ2n) is 4.72. The van der Waals surface area contributed by atoms with E-state index in [1.54, 1.807) is 12.3 Å². The monoisotopic (exact) mass is 227 g/mol. The first-order chi connectivity index (χ1) is 8.25. The Morgan fingerprint density at radius 3 is 2.88 bits per heavy atom. The lowest BCUT2D eigenvalue weighted by molar-refractivity contribution is 0.256. The quantitative estimate of drug-likeness (QED) is 0.582. The maximum Gasteiger partial charge on any atom is 0.235 e. The SMILES string of the molecule is Cc1coc2cc(C3(N=C=O)CCC3)ccc12. The Hall–Kier alpha value is -1.86. The van der Waals surface area contributed by atoms with Gasteiger partial charge in [-0.05, 0) is 43.4 Å².